The van der Waals surface area contributed by atoms with Gasteiger partial charge in [-0.05, 0) is 35.0 Å². The first kappa shape index (κ1) is 14.8. The number of halogens is 4. The lowest BCUT2D eigenvalue weighted by atomic mass is 9.96. The molecule has 0 aliphatic heterocycles. The molecule has 4 aromatic rings. The Morgan fingerprint density at radius 3 is 1.45 bits per heavy atom. The van der Waals surface area contributed by atoms with E-state index in [-0.39, 0.29) is 0 Å². The lowest BCUT2D eigenvalue weighted by Gasteiger charge is -2.12. The van der Waals surface area contributed by atoms with Crippen LogP contribution in [0.1, 0.15) is 0 Å². The average Bonchev–Trinajstić information content (AvgIpc) is 2.53. The van der Waals surface area contributed by atoms with Crippen molar-refractivity contribution < 1.29 is 0 Å². The maximum absolute atomic E-state index is 6.39. The Kier molecular flexibility index (Phi) is 3.61. The molecule has 22 heavy (non-hydrogen) atoms. The molecule has 4 rings (SSSR count). The van der Waals surface area contributed by atoms with Crippen molar-refractivity contribution in [1.82, 2.24) is 0 Å². The summed E-state index contributed by atoms with van der Waals surface area (Å²) in [5, 5.41) is 8.08. The van der Waals surface area contributed by atoms with Crippen LogP contribution in [0.5, 0.6) is 0 Å². The lowest BCUT2D eigenvalue weighted by molar-refractivity contribution is 1.72. The molecule has 0 aliphatic rings. The van der Waals surface area contributed by atoms with Gasteiger partial charge in [0.15, 0.2) is 0 Å². The number of hydrogen-bond donors (Lipinski definition) is 0. The van der Waals surface area contributed by atoms with Gasteiger partial charge in [-0.3, -0.25) is 0 Å². The highest BCUT2D eigenvalue weighted by Crippen LogP contribution is 2.42. The standard InChI is InChI=1S/C18H8Br2Cl2/c19-12-5-7-14(21)10-3-1-9-2-4-11-15(22)8-6-13(20)18(11)16(9)17(10)12/h1-8H. The van der Waals surface area contributed by atoms with Crippen LogP contribution in [-0.2, 0) is 0 Å². The molecule has 0 fully saturated rings. The zero-order valence-electron chi connectivity index (χ0n) is 11.1. The summed E-state index contributed by atoms with van der Waals surface area (Å²) in [5.74, 6) is 0. The van der Waals surface area contributed by atoms with Gasteiger partial charge in [0.05, 0.1) is 0 Å². The largest absolute Gasteiger partial charge is 0.0837 e. The molecule has 0 bridgehead atoms. The van der Waals surface area contributed by atoms with E-state index >= 15 is 0 Å². The SMILES string of the molecule is Clc1ccc(Br)c2c1ccc1ccc3c(Cl)ccc(Br)c3c12. The third kappa shape index (κ3) is 2.09. The van der Waals surface area contributed by atoms with Gasteiger partial charge >= 0.3 is 0 Å². The van der Waals surface area contributed by atoms with E-state index in [1.54, 1.807) is 0 Å². The van der Waals surface area contributed by atoms with Gasteiger partial charge in [-0.25, -0.2) is 0 Å². The van der Waals surface area contributed by atoms with Crippen LogP contribution in [0, 0.1) is 0 Å². The van der Waals surface area contributed by atoms with E-state index in [2.05, 4.69) is 56.1 Å². The van der Waals surface area contributed by atoms with Crippen LogP contribution in [0.15, 0.2) is 57.5 Å². The van der Waals surface area contributed by atoms with E-state index in [1.165, 1.54) is 0 Å². The van der Waals surface area contributed by atoms with Crippen molar-refractivity contribution in [1.29, 1.82) is 0 Å². The van der Waals surface area contributed by atoms with Gasteiger partial charge in [0.2, 0.25) is 0 Å². The maximum atomic E-state index is 6.39. The number of hydrogen-bond acceptors (Lipinski definition) is 0. The highest BCUT2D eigenvalue weighted by Gasteiger charge is 2.13. The molecule has 0 atom stereocenters. The van der Waals surface area contributed by atoms with Crippen molar-refractivity contribution in [3.63, 3.8) is 0 Å². The van der Waals surface area contributed by atoms with Crippen molar-refractivity contribution in [3.8, 4) is 0 Å². The molecule has 4 heteroatoms. The van der Waals surface area contributed by atoms with Gasteiger partial charge in [0, 0.05) is 40.5 Å². The quantitative estimate of drug-likeness (QED) is 0.236. The van der Waals surface area contributed by atoms with E-state index in [9.17, 15) is 0 Å². The molecule has 0 saturated carbocycles. The summed E-state index contributed by atoms with van der Waals surface area (Å²) < 4.78 is 2.05. The number of fused-ring (bicyclic) bond motifs is 5. The molecule has 0 heterocycles. The monoisotopic (exact) mass is 452 g/mol. The van der Waals surface area contributed by atoms with Crippen molar-refractivity contribution in [2.75, 3.05) is 0 Å². The van der Waals surface area contributed by atoms with Gasteiger partial charge in [-0.2, -0.15) is 0 Å². The lowest BCUT2D eigenvalue weighted by Crippen LogP contribution is -1.85. The van der Waals surface area contributed by atoms with Crippen molar-refractivity contribution >= 4 is 87.4 Å². The van der Waals surface area contributed by atoms with Gasteiger partial charge in [0.1, 0.15) is 0 Å². The van der Waals surface area contributed by atoms with Crippen LogP contribution in [0.25, 0.3) is 32.3 Å². The minimum Gasteiger partial charge on any atom is -0.0837 e. The summed E-state index contributed by atoms with van der Waals surface area (Å²) in [5.41, 5.74) is 0. The number of rotatable bonds is 0. The number of benzene rings is 4. The van der Waals surface area contributed by atoms with E-state index in [0.29, 0.717) is 0 Å². The van der Waals surface area contributed by atoms with Gasteiger partial charge < -0.3 is 0 Å². The van der Waals surface area contributed by atoms with Crippen molar-refractivity contribution in [2.45, 2.75) is 0 Å². The molecule has 0 N–H and O–H groups in total. The van der Waals surface area contributed by atoms with Crippen LogP contribution >= 0.6 is 55.1 Å². The van der Waals surface area contributed by atoms with Crippen LogP contribution in [0.2, 0.25) is 10.0 Å². The van der Waals surface area contributed by atoms with Crippen molar-refractivity contribution in [3.05, 3.63) is 67.5 Å². The molecule has 0 amide bonds. The second-order valence-electron chi connectivity index (χ2n) is 5.13. The van der Waals surface area contributed by atoms with Crippen LogP contribution in [-0.4, -0.2) is 0 Å². The first-order chi connectivity index (χ1) is 10.6. The summed E-state index contributed by atoms with van der Waals surface area (Å²) >= 11 is 20.1. The molecule has 0 aromatic heterocycles. The zero-order valence-corrected chi connectivity index (χ0v) is 15.8. The zero-order chi connectivity index (χ0) is 15.4. The van der Waals surface area contributed by atoms with E-state index in [0.717, 1.165) is 51.3 Å². The minimum absolute atomic E-state index is 0.746. The fraction of sp³-hybridized carbons (Fsp3) is 0. The fourth-order valence-electron chi connectivity index (χ4n) is 2.95. The molecular weight excluding hydrogens is 447 g/mol. The second kappa shape index (κ2) is 5.38. The third-order valence-corrected chi connectivity index (χ3v) is 5.91. The second-order valence-corrected chi connectivity index (χ2v) is 7.66. The Hall–Kier alpha value is -0.800. The first-order valence-electron chi connectivity index (χ1n) is 6.65. The summed E-state index contributed by atoms with van der Waals surface area (Å²) in [4.78, 5) is 0. The van der Waals surface area contributed by atoms with Crippen LogP contribution in [0.3, 0.4) is 0 Å². The normalized spacial score (nSPS) is 11.6. The maximum Gasteiger partial charge on any atom is 0.0485 e. The molecule has 4 aromatic carbocycles. The van der Waals surface area contributed by atoms with Crippen LogP contribution in [0.4, 0.5) is 0 Å². The van der Waals surface area contributed by atoms with E-state index < -0.39 is 0 Å². The molecule has 0 saturated heterocycles. The Bertz CT molecular complexity index is 989. The minimum atomic E-state index is 0.746. The predicted molar refractivity (Wildman–Crippen MR) is 104 cm³/mol. The van der Waals surface area contributed by atoms with E-state index in [1.807, 2.05) is 24.3 Å². The molecule has 0 unspecified atom stereocenters. The summed E-state index contributed by atoms with van der Waals surface area (Å²) in [6.45, 7) is 0. The molecule has 0 radical (unpaired) electrons. The fourth-order valence-corrected chi connectivity index (χ4v) is 4.48. The van der Waals surface area contributed by atoms with Crippen molar-refractivity contribution in [2.24, 2.45) is 0 Å². The first-order valence-corrected chi connectivity index (χ1v) is 8.99. The summed E-state index contributed by atoms with van der Waals surface area (Å²) in [6, 6.07) is 16.1. The highest BCUT2D eigenvalue weighted by molar-refractivity contribution is 9.11. The van der Waals surface area contributed by atoms with Gasteiger partial charge in [-0.15, -0.1) is 0 Å². The predicted octanol–water partition coefficient (Wildman–Crippen LogP) is 7.98. The molecule has 0 spiro atoms. The Morgan fingerprint density at radius 1 is 0.545 bits per heavy atom. The topological polar surface area (TPSA) is 0 Å². The Morgan fingerprint density at radius 2 is 1.00 bits per heavy atom. The van der Waals surface area contributed by atoms with Gasteiger partial charge in [0.25, 0.3) is 0 Å². The average molecular weight is 455 g/mol. The highest BCUT2D eigenvalue weighted by atomic mass is 79.9. The Balaban J connectivity index is 2.43. The summed E-state index contributed by atoms with van der Waals surface area (Å²) in [7, 11) is 0. The molecule has 108 valence electrons. The van der Waals surface area contributed by atoms with E-state index in [4.69, 9.17) is 23.2 Å². The third-order valence-electron chi connectivity index (χ3n) is 3.93. The summed E-state index contributed by atoms with van der Waals surface area (Å²) in [6.07, 6.45) is 0. The smallest absolute Gasteiger partial charge is 0.0485 e. The molecule has 0 aliphatic carbocycles. The van der Waals surface area contributed by atoms with Gasteiger partial charge in [-0.1, -0.05) is 79.3 Å². The molecular formula is C18H8Br2Cl2. The molecule has 0 nitrogen and oxygen atoms in total. The van der Waals surface area contributed by atoms with Crippen LogP contribution < -0.4 is 0 Å². The Labute approximate surface area is 154 Å².